The van der Waals surface area contributed by atoms with Crippen molar-refractivity contribution in [1.29, 1.82) is 0 Å². The van der Waals surface area contributed by atoms with E-state index in [1.807, 2.05) is 55.5 Å². The minimum Gasteiger partial charge on any atom is -0.324 e. The van der Waals surface area contributed by atoms with Crippen molar-refractivity contribution in [3.8, 4) is 0 Å². The number of imide groups is 1. The number of carbonyl (C=O) groups excluding carboxylic acids is 3. The van der Waals surface area contributed by atoms with E-state index in [2.05, 4.69) is 21.2 Å². The van der Waals surface area contributed by atoms with Gasteiger partial charge in [-0.25, -0.2) is 0 Å². The number of hydrogen-bond acceptors (Lipinski definition) is 3. The molecule has 1 heterocycles. The van der Waals surface area contributed by atoms with E-state index in [0.717, 1.165) is 10.5 Å². The van der Waals surface area contributed by atoms with Crippen LogP contribution in [0.5, 0.6) is 0 Å². The number of halogens is 4. The van der Waals surface area contributed by atoms with Crippen LogP contribution in [0.3, 0.4) is 0 Å². The zero-order chi connectivity index (χ0) is 25.6. The van der Waals surface area contributed by atoms with Crippen LogP contribution in [-0.4, -0.2) is 29.2 Å². The summed E-state index contributed by atoms with van der Waals surface area (Å²) in [6, 6.07) is 18.2. The van der Waals surface area contributed by atoms with Gasteiger partial charge in [0.1, 0.15) is 16.3 Å². The van der Waals surface area contributed by atoms with Crippen LogP contribution < -0.4 is 5.32 Å². The van der Waals surface area contributed by atoms with Crippen molar-refractivity contribution in [3.63, 3.8) is 0 Å². The average molecular weight is 605 g/mol. The van der Waals surface area contributed by atoms with E-state index >= 15 is 0 Å². The van der Waals surface area contributed by atoms with Crippen molar-refractivity contribution in [2.45, 2.75) is 16.7 Å². The van der Waals surface area contributed by atoms with E-state index in [1.54, 1.807) is 12.1 Å². The summed E-state index contributed by atoms with van der Waals surface area (Å²) >= 11 is 24.3. The van der Waals surface area contributed by atoms with E-state index in [-0.39, 0.29) is 0 Å². The molecular weight excluding hydrogens is 587 g/mol. The maximum atomic E-state index is 13.8. The van der Waals surface area contributed by atoms with Gasteiger partial charge in [0, 0.05) is 10.2 Å². The largest absolute Gasteiger partial charge is 0.324 e. The minimum absolute atomic E-state index is 0.426. The first-order chi connectivity index (χ1) is 17.1. The number of hydrogen-bond donors (Lipinski definition) is 1. The lowest BCUT2D eigenvalue weighted by Crippen LogP contribution is -2.57. The monoisotopic (exact) mass is 602 g/mol. The SMILES string of the molecule is Cc1cc(Br)c(Cl)cc1NC(=O)CN1C(=O)[C@H]2[C@H](C1=O)C1(Cl)c3ccccc3C2(Cl)c2ccccc21. The number of anilines is 1. The summed E-state index contributed by atoms with van der Waals surface area (Å²) < 4.78 is 0.697. The van der Waals surface area contributed by atoms with E-state index < -0.39 is 45.9 Å². The minimum atomic E-state index is -1.28. The molecule has 3 aliphatic carbocycles. The van der Waals surface area contributed by atoms with Crippen LogP contribution in [-0.2, 0) is 24.1 Å². The maximum Gasteiger partial charge on any atom is 0.244 e. The fraction of sp³-hybridized carbons (Fsp3) is 0.222. The third kappa shape index (κ3) is 2.99. The maximum absolute atomic E-state index is 13.8. The number of carbonyl (C=O) groups is 3. The molecule has 9 heteroatoms. The predicted molar refractivity (Wildman–Crippen MR) is 142 cm³/mol. The number of nitrogens with one attached hydrogen (secondary N) is 1. The van der Waals surface area contributed by atoms with Gasteiger partial charge in [0.05, 0.1) is 16.9 Å². The van der Waals surface area contributed by atoms with Gasteiger partial charge < -0.3 is 5.32 Å². The van der Waals surface area contributed by atoms with Crippen LogP contribution in [0.2, 0.25) is 5.02 Å². The molecule has 0 unspecified atom stereocenters. The van der Waals surface area contributed by atoms with Crippen LogP contribution in [0.15, 0.2) is 65.1 Å². The molecule has 1 aliphatic heterocycles. The first kappa shape index (κ1) is 24.0. The first-order valence-electron chi connectivity index (χ1n) is 11.3. The van der Waals surface area contributed by atoms with Crippen LogP contribution in [0.1, 0.15) is 27.8 Å². The zero-order valence-electron chi connectivity index (χ0n) is 18.8. The van der Waals surface area contributed by atoms with Gasteiger partial charge in [-0.3, -0.25) is 19.3 Å². The molecule has 0 spiro atoms. The Labute approximate surface area is 230 Å². The van der Waals surface area contributed by atoms with Crippen molar-refractivity contribution in [3.05, 3.63) is 98.0 Å². The molecule has 4 aliphatic rings. The van der Waals surface area contributed by atoms with Gasteiger partial charge in [0.15, 0.2) is 0 Å². The predicted octanol–water partition coefficient (Wildman–Crippen LogP) is 5.94. The molecule has 182 valence electrons. The number of benzene rings is 3. The number of likely N-dealkylation sites (tertiary alicyclic amines) is 1. The Bertz CT molecular complexity index is 1390. The lowest BCUT2D eigenvalue weighted by atomic mass is 9.54. The third-order valence-corrected chi connectivity index (χ3v) is 10.0. The van der Waals surface area contributed by atoms with Gasteiger partial charge in [-0.05, 0) is 62.8 Å². The molecule has 2 bridgehead atoms. The molecule has 7 rings (SSSR count). The molecule has 0 saturated carbocycles. The molecule has 3 aromatic carbocycles. The Morgan fingerprint density at radius 2 is 1.36 bits per heavy atom. The second-order valence-corrected chi connectivity index (χ2v) is 11.8. The molecule has 1 fully saturated rings. The van der Waals surface area contributed by atoms with E-state index in [4.69, 9.17) is 34.8 Å². The number of alkyl halides is 2. The van der Waals surface area contributed by atoms with E-state index in [1.165, 1.54) is 0 Å². The summed E-state index contributed by atoms with van der Waals surface area (Å²) in [4.78, 5) is 39.1. The normalized spacial score (nSPS) is 27.5. The van der Waals surface area contributed by atoms with Crippen LogP contribution in [0.25, 0.3) is 0 Å². The smallest absolute Gasteiger partial charge is 0.244 e. The third-order valence-electron chi connectivity index (χ3n) is 7.52. The Balaban J connectivity index is 1.40. The topological polar surface area (TPSA) is 66.5 Å². The summed E-state index contributed by atoms with van der Waals surface area (Å²) in [6.45, 7) is 1.36. The quantitative estimate of drug-likeness (QED) is 0.297. The highest BCUT2D eigenvalue weighted by atomic mass is 79.9. The Morgan fingerprint density at radius 1 is 0.917 bits per heavy atom. The zero-order valence-corrected chi connectivity index (χ0v) is 22.7. The standard InChI is InChI=1S/C27H18BrCl3N2O3/c1-13-10-18(28)19(29)11-20(13)32-21(34)12-33-24(35)22-23(25(33)36)27(31)15-7-3-2-6-14(15)26(22,30)16-8-4-5-9-17(16)27/h2-11,22-23H,12H2,1H3,(H,32,34)/t22-,23-,26?,27?/m1/s1. The molecule has 0 radical (unpaired) electrons. The van der Waals surface area contributed by atoms with Crippen molar-refractivity contribution < 1.29 is 14.4 Å². The molecule has 3 aromatic rings. The van der Waals surface area contributed by atoms with Gasteiger partial charge >= 0.3 is 0 Å². The summed E-state index contributed by atoms with van der Waals surface area (Å²) in [5.41, 5.74) is 4.13. The van der Waals surface area contributed by atoms with Gasteiger partial charge in [0.25, 0.3) is 0 Å². The highest BCUT2D eigenvalue weighted by Gasteiger charge is 2.73. The lowest BCUT2D eigenvalue weighted by Gasteiger charge is -2.54. The number of amides is 3. The number of aryl methyl sites for hydroxylation is 1. The van der Waals surface area contributed by atoms with Crippen LogP contribution in [0.4, 0.5) is 5.69 Å². The molecule has 2 atom stereocenters. The Kier molecular flexibility index (Phi) is 5.37. The second kappa shape index (κ2) is 8.06. The molecule has 3 amide bonds. The second-order valence-electron chi connectivity index (χ2n) is 9.36. The summed E-state index contributed by atoms with van der Waals surface area (Å²) in [5, 5.41) is 3.19. The van der Waals surface area contributed by atoms with Crippen molar-refractivity contribution in [1.82, 2.24) is 4.90 Å². The average Bonchev–Trinajstić information content (AvgIpc) is 3.11. The fourth-order valence-electron chi connectivity index (χ4n) is 5.99. The van der Waals surface area contributed by atoms with Crippen molar-refractivity contribution in [2.75, 3.05) is 11.9 Å². The van der Waals surface area contributed by atoms with Gasteiger partial charge in [-0.1, -0.05) is 60.1 Å². The van der Waals surface area contributed by atoms with E-state index in [0.29, 0.717) is 37.4 Å². The van der Waals surface area contributed by atoms with Crippen LogP contribution >= 0.6 is 50.7 Å². The Hall–Kier alpha value is -2.38. The first-order valence-corrected chi connectivity index (χ1v) is 13.2. The molecule has 5 nitrogen and oxygen atoms in total. The van der Waals surface area contributed by atoms with Gasteiger partial charge in [-0.2, -0.15) is 0 Å². The van der Waals surface area contributed by atoms with E-state index in [9.17, 15) is 14.4 Å². The fourth-order valence-corrected chi connectivity index (χ4v) is 7.71. The van der Waals surface area contributed by atoms with Crippen molar-refractivity contribution >= 4 is 74.1 Å². The Morgan fingerprint density at radius 3 is 1.81 bits per heavy atom. The molecule has 36 heavy (non-hydrogen) atoms. The van der Waals surface area contributed by atoms with Crippen molar-refractivity contribution in [2.24, 2.45) is 11.8 Å². The molecule has 1 saturated heterocycles. The lowest BCUT2D eigenvalue weighted by molar-refractivity contribution is -0.142. The van der Waals surface area contributed by atoms with Crippen LogP contribution in [0, 0.1) is 18.8 Å². The molecular formula is C27H18BrCl3N2O3. The summed E-state index contributed by atoms with van der Waals surface area (Å²) in [6.07, 6.45) is 0. The highest BCUT2D eigenvalue weighted by Crippen LogP contribution is 2.69. The van der Waals surface area contributed by atoms with Gasteiger partial charge in [-0.15, -0.1) is 23.2 Å². The molecule has 0 aromatic heterocycles. The highest BCUT2D eigenvalue weighted by molar-refractivity contribution is 9.10. The summed E-state index contributed by atoms with van der Waals surface area (Å²) in [5.74, 6) is -3.41. The molecule has 1 N–H and O–H groups in total. The van der Waals surface area contributed by atoms with Gasteiger partial charge in [0.2, 0.25) is 17.7 Å². The number of rotatable bonds is 3. The summed E-state index contributed by atoms with van der Waals surface area (Å²) in [7, 11) is 0. The number of nitrogens with zero attached hydrogens (tertiary/aromatic N) is 1.